The highest BCUT2D eigenvalue weighted by Crippen LogP contribution is 2.44. The van der Waals surface area contributed by atoms with Crippen molar-refractivity contribution in [2.45, 2.75) is 37.6 Å². The second kappa shape index (κ2) is 10.8. The van der Waals surface area contributed by atoms with E-state index in [-0.39, 0.29) is 12.0 Å². The molecule has 0 radical (unpaired) electrons. The number of hydrogen-bond donors (Lipinski definition) is 1. The molecule has 3 unspecified atom stereocenters. The van der Waals surface area contributed by atoms with E-state index in [1.165, 1.54) is 10.8 Å². The van der Waals surface area contributed by atoms with Crippen LogP contribution in [0.2, 0.25) is 10.0 Å². The van der Waals surface area contributed by atoms with Crippen LogP contribution in [0.25, 0.3) is 10.8 Å². The quantitative estimate of drug-likeness (QED) is 0.441. The fourth-order valence-corrected chi connectivity index (χ4v) is 6.15. The largest absolute Gasteiger partial charge is 0.385 e. The van der Waals surface area contributed by atoms with Crippen molar-refractivity contribution in [3.8, 4) is 0 Å². The molecule has 5 rings (SSSR count). The molecule has 3 aromatic carbocycles. The minimum absolute atomic E-state index is 0.0561. The molecular formula is C29H34Cl2N2O2. The molecule has 1 heterocycles. The summed E-state index contributed by atoms with van der Waals surface area (Å²) in [6, 6.07) is 20.3. The summed E-state index contributed by atoms with van der Waals surface area (Å²) in [7, 11) is 2.17. The third-order valence-corrected chi connectivity index (χ3v) is 8.63. The van der Waals surface area contributed by atoms with Gasteiger partial charge in [0.1, 0.15) is 0 Å². The van der Waals surface area contributed by atoms with E-state index >= 15 is 0 Å². The van der Waals surface area contributed by atoms with Gasteiger partial charge in [-0.05, 0) is 60.8 Å². The van der Waals surface area contributed by atoms with E-state index in [2.05, 4.69) is 59.3 Å². The lowest BCUT2D eigenvalue weighted by atomic mass is 9.70. The monoisotopic (exact) mass is 512 g/mol. The summed E-state index contributed by atoms with van der Waals surface area (Å²) >= 11 is 12.7. The first-order valence-electron chi connectivity index (χ1n) is 12.6. The Hall–Kier alpha value is -1.66. The molecule has 3 atom stereocenters. The summed E-state index contributed by atoms with van der Waals surface area (Å²) in [5, 5.41) is 15.8. The maximum Gasteiger partial charge on any atom is 0.0938 e. The van der Waals surface area contributed by atoms with E-state index in [9.17, 15) is 5.11 Å². The van der Waals surface area contributed by atoms with Crippen LogP contribution in [0.3, 0.4) is 0 Å². The van der Waals surface area contributed by atoms with Gasteiger partial charge in [0, 0.05) is 54.3 Å². The summed E-state index contributed by atoms with van der Waals surface area (Å²) in [6.45, 7) is 5.43. The summed E-state index contributed by atoms with van der Waals surface area (Å²) in [5.74, 6) is 0.0764. The van der Waals surface area contributed by atoms with Gasteiger partial charge in [0.05, 0.1) is 18.3 Å². The van der Waals surface area contributed by atoms with Crippen molar-refractivity contribution in [2.24, 2.45) is 5.92 Å². The van der Waals surface area contributed by atoms with Gasteiger partial charge >= 0.3 is 0 Å². The minimum Gasteiger partial charge on any atom is -0.385 e. The van der Waals surface area contributed by atoms with Crippen LogP contribution in [-0.4, -0.2) is 60.8 Å². The maximum absolute atomic E-state index is 12.2. The summed E-state index contributed by atoms with van der Waals surface area (Å²) in [5.41, 5.74) is 0.972. The predicted molar refractivity (Wildman–Crippen MR) is 144 cm³/mol. The number of fused-ring (bicyclic) bond motifs is 1. The van der Waals surface area contributed by atoms with Crippen LogP contribution in [0.15, 0.2) is 60.7 Å². The molecule has 1 saturated heterocycles. The fraction of sp³-hybridized carbons (Fsp3) is 0.448. The van der Waals surface area contributed by atoms with E-state index in [4.69, 9.17) is 27.9 Å². The molecule has 1 saturated carbocycles. The third kappa shape index (κ3) is 5.53. The molecule has 3 aromatic rings. The molecule has 1 N–H and O–H groups in total. The first-order valence-corrected chi connectivity index (χ1v) is 13.3. The van der Waals surface area contributed by atoms with E-state index < -0.39 is 5.60 Å². The smallest absolute Gasteiger partial charge is 0.0938 e. The standard InChI is InChI=1S/C29H34Cl2N2O2/c1-32-13-15-33(16-14-32)19-24-18-25(35-20-26-27(30)7-4-8-28(26)31)11-12-29(24,34)23-10-9-21-5-2-3-6-22(21)17-23/h2-10,17,24-25,34H,11-16,18-20H2,1H3. The summed E-state index contributed by atoms with van der Waals surface area (Å²) in [6.07, 6.45) is 2.33. The van der Waals surface area contributed by atoms with Gasteiger partial charge in [-0.3, -0.25) is 0 Å². The number of halogens is 2. The zero-order valence-corrected chi connectivity index (χ0v) is 21.8. The number of nitrogens with zero attached hydrogens (tertiary/aromatic N) is 2. The van der Waals surface area contributed by atoms with Crippen molar-refractivity contribution in [3.63, 3.8) is 0 Å². The molecule has 186 valence electrons. The first kappa shape index (κ1) is 25.0. The molecule has 0 bridgehead atoms. The van der Waals surface area contributed by atoms with Gasteiger partial charge in [-0.15, -0.1) is 0 Å². The van der Waals surface area contributed by atoms with Crippen LogP contribution >= 0.6 is 23.2 Å². The molecule has 0 amide bonds. The Morgan fingerprint density at radius 1 is 0.943 bits per heavy atom. The molecule has 6 heteroatoms. The summed E-state index contributed by atoms with van der Waals surface area (Å²) in [4.78, 5) is 4.87. The van der Waals surface area contributed by atoms with Gasteiger partial charge in [0.15, 0.2) is 0 Å². The Morgan fingerprint density at radius 3 is 2.40 bits per heavy atom. The number of rotatable bonds is 6. The average molecular weight is 514 g/mol. The van der Waals surface area contributed by atoms with Gasteiger partial charge < -0.3 is 19.6 Å². The normalized spacial score (nSPS) is 26.3. The molecule has 2 aliphatic rings. The van der Waals surface area contributed by atoms with Gasteiger partial charge in [-0.25, -0.2) is 0 Å². The van der Waals surface area contributed by atoms with Crippen molar-refractivity contribution in [3.05, 3.63) is 81.8 Å². The average Bonchev–Trinajstić information content (AvgIpc) is 2.86. The molecule has 1 aliphatic heterocycles. The topological polar surface area (TPSA) is 35.9 Å². The Balaban J connectivity index is 1.37. The molecule has 1 aliphatic carbocycles. The number of benzene rings is 3. The molecule has 4 nitrogen and oxygen atoms in total. The van der Waals surface area contributed by atoms with Crippen molar-refractivity contribution in [1.29, 1.82) is 0 Å². The van der Waals surface area contributed by atoms with Crippen LogP contribution in [0.5, 0.6) is 0 Å². The number of ether oxygens (including phenoxy) is 1. The van der Waals surface area contributed by atoms with Crippen molar-refractivity contribution in [2.75, 3.05) is 39.8 Å². The zero-order valence-electron chi connectivity index (χ0n) is 20.3. The van der Waals surface area contributed by atoms with Gasteiger partial charge in [-0.2, -0.15) is 0 Å². The van der Waals surface area contributed by atoms with Crippen LogP contribution in [-0.2, 0) is 16.9 Å². The van der Waals surface area contributed by atoms with Crippen LogP contribution in [0.1, 0.15) is 30.4 Å². The van der Waals surface area contributed by atoms with Gasteiger partial charge in [0.2, 0.25) is 0 Å². The van der Waals surface area contributed by atoms with E-state index in [1.807, 2.05) is 18.2 Å². The van der Waals surface area contributed by atoms with E-state index in [0.717, 1.165) is 56.7 Å². The zero-order chi connectivity index (χ0) is 24.4. The van der Waals surface area contributed by atoms with E-state index in [0.29, 0.717) is 23.1 Å². The Morgan fingerprint density at radius 2 is 1.66 bits per heavy atom. The molecule has 2 fully saturated rings. The lowest BCUT2D eigenvalue weighted by Crippen LogP contribution is -2.52. The van der Waals surface area contributed by atoms with Crippen LogP contribution < -0.4 is 0 Å². The number of piperazine rings is 1. The number of hydrogen-bond acceptors (Lipinski definition) is 4. The molecule has 35 heavy (non-hydrogen) atoms. The highest BCUT2D eigenvalue weighted by atomic mass is 35.5. The first-order chi connectivity index (χ1) is 16.9. The lowest BCUT2D eigenvalue weighted by molar-refractivity contribution is -0.114. The van der Waals surface area contributed by atoms with Crippen molar-refractivity contribution in [1.82, 2.24) is 9.80 Å². The number of aliphatic hydroxyl groups is 1. The summed E-state index contributed by atoms with van der Waals surface area (Å²) < 4.78 is 6.36. The van der Waals surface area contributed by atoms with Crippen LogP contribution in [0, 0.1) is 5.92 Å². The molecular weight excluding hydrogens is 479 g/mol. The Bertz CT molecular complexity index is 1140. The second-order valence-electron chi connectivity index (χ2n) is 10.2. The fourth-order valence-electron chi connectivity index (χ4n) is 5.64. The highest BCUT2D eigenvalue weighted by molar-refractivity contribution is 6.35. The highest BCUT2D eigenvalue weighted by Gasteiger charge is 2.44. The molecule has 0 aromatic heterocycles. The Kier molecular flexibility index (Phi) is 7.69. The minimum atomic E-state index is -0.880. The van der Waals surface area contributed by atoms with Gasteiger partial charge in [0.25, 0.3) is 0 Å². The Labute approximate surface area is 218 Å². The third-order valence-electron chi connectivity index (χ3n) is 7.92. The predicted octanol–water partition coefficient (Wildman–Crippen LogP) is 5.97. The molecule has 0 spiro atoms. The van der Waals surface area contributed by atoms with Gasteiger partial charge in [-0.1, -0.05) is 65.7 Å². The maximum atomic E-state index is 12.2. The van der Waals surface area contributed by atoms with E-state index in [1.54, 1.807) is 0 Å². The van der Waals surface area contributed by atoms with Crippen molar-refractivity contribution >= 4 is 34.0 Å². The second-order valence-corrected chi connectivity index (χ2v) is 11.0. The van der Waals surface area contributed by atoms with Crippen LogP contribution in [0.4, 0.5) is 0 Å². The lowest BCUT2D eigenvalue weighted by Gasteiger charge is -2.46. The number of likely N-dealkylation sites (N-methyl/N-ethyl adjacent to an activating group) is 1. The SMILES string of the molecule is CN1CCN(CC2CC(OCc3c(Cl)cccc3Cl)CCC2(O)c2ccc3ccccc3c2)CC1. The van der Waals surface area contributed by atoms with Crippen molar-refractivity contribution < 1.29 is 9.84 Å².